The lowest BCUT2D eigenvalue weighted by molar-refractivity contribution is 0.376. The van der Waals surface area contributed by atoms with Crippen molar-refractivity contribution in [2.24, 2.45) is 5.92 Å². The Balaban J connectivity index is 2.39. The molecule has 6 heteroatoms. The molecule has 0 saturated heterocycles. The van der Waals surface area contributed by atoms with Crippen LogP contribution in [0.2, 0.25) is 0 Å². The maximum absolute atomic E-state index is 12.9. The van der Waals surface area contributed by atoms with Crippen LogP contribution in [0, 0.1) is 5.92 Å². The predicted molar refractivity (Wildman–Crippen MR) is 81.3 cm³/mol. The van der Waals surface area contributed by atoms with Crippen molar-refractivity contribution in [2.75, 3.05) is 27.3 Å². The van der Waals surface area contributed by atoms with Gasteiger partial charge in [0.25, 0.3) is 0 Å². The lowest BCUT2D eigenvalue weighted by Gasteiger charge is -2.23. The van der Waals surface area contributed by atoms with E-state index in [1.165, 1.54) is 20.3 Å². The Labute approximate surface area is 126 Å². The molecule has 0 spiro atoms. The molecule has 0 radical (unpaired) electrons. The zero-order valence-corrected chi connectivity index (χ0v) is 13.6. The molecule has 0 unspecified atom stereocenters. The van der Waals surface area contributed by atoms with Crippen molar-refractivity contribution in [1.29, 1.82) is 0 Å². The van der Waals surface area contributed by atoms with Crippen LogP contribution in [0.3, 0.4) is 0 Å². The molecule has 1 saturated carbocycles. The van der Waals surface area contributed by atoms with Crippen LogP contribution in [0.15, 0.2) is 23.1 Å². The summed E-state index contributed by atoms with van der Waals surface area (Å²) in [4.78, 5) is 0.179. The first-order chi connectivity index (χ1) is 10.0. The summed E-state index contributed by atoms with van der Waals surface area (Å²) in [5.41, 5.74) is 0. The molecule has 1 aromatic carbocycles. The Morgan fingerprint density at radius 3 is 2.48 bits per heavy atom. The number of methoxy groups -OCH3 is 2. The van der Waals surface area contributed by atoms with Crippen molar-refractivity contribution >= 4 is 10.0 Å². The van der Waals surface area contributed by atoms with Crippen LogP contribution >= 0.6 is 0 Å². The first-order valence-corrected chi connectivity index (χ1v) is 8.69. The Kier molecular flexibility index (Phi) is 5.11. The second-order valence-electron chi connectivity index (χ2n) is 5.32. The number of nitrogens with zero attached hydrogens (tertiary/aromatic N) is 1. The molecule has 0 aliphatic heterocycles. The highest BCUT2D eigenvalue weighted by atomic mass is 32.2. The minimum Gasteiger partial charge on any atom is -0.497 e. The van der Waals surface area contributed by atoms with Crippen molar-refractivity contribution in [3.05, 3.63) is 18.2 Å². The van der Waals surface area contributed by atoms with E-state index < -0.39 is 10.0 Å². The Morgan fingerprint density at radius 1 is 1.24 bits per heavy atom. The van der Waals surface area contributed by atoms with Gasteiger partial charge in [0.15, 0.2) is 0 Å². The van der Waals surface area contributed by atoms with Crippen LogP contribution in [0.5, 0.6) is 11.5 Å². The van der Waals surface area contributed by atoms with Crippen LogP contribution in [0.4, 0.5) is 0 Å². The van der Waals surface area contributed by atoms with E-state index in [0.717, 1.165) is 19.3 Å². The molecular formula is C15H23NO4S. The van der Waals surface area contributed by atoms with Gasteiger partial charge in [0.1, 0.15) is 16.4 Å². The van der Waals surface area contributed by atoms with Gasteiger partial charge in [-0.05, 0) is 37.3 Å². The normalized spacial score (nSPS) is 15.2. The molecule has 1 aromatic rings. The van der Waals surface area contributed by atoms with E-state index in [9.17, 15) is 8.42 Å². The van der Waals surface area contributed by atoms with Gasteiger partial charge in [-0.25, -0.2) is 8.42 Å². The molecule has 5 nitrogen and oxygen atoms in total. The lowest BCUT2D eigenvalue weighted by atomic mass is 10.3. The molecule has 0 amide bonds. The standard InChI is InChI=1S/C15H23NO4S/c1-4-9-16(11-12-5-6-12)21(17,18)15-10-13(19-2)7-8-14(15)20-3/h7-8,10,12H,4-6,9,11H2,1-3H3. The average Bonchev–Trinajstić information content (AvgIpc) is 3.30. The fourth-order valence-electron chi connectivity index (χ4n) is 2.27. The summed E-state index contributed by atoms with van der Waals surface area (Å²) in [6.07, 6.45) is 3.02. The number of rotatable bonds is 8. The summed E-state index contributed by atoms with van der Waals surface area (Å²) in [7, 11) is -0.567. The summed E-state index contributed by atoms with van der Waals surface area (Å²) in [5.74, 6) is 1.37. The maximum atomic E-state index is 12.9. The fraction of sp³-hybridized carbons (Fsp3) is 0.600. The topological polar surface area (TPSA) is 55.8 Å². The van der Waals surface area contributed by atoms with E-state index in [1.807, 2.05) is 6.92 Å². The Bertz CT molecular complexity index is 581. The molecule has 2 rings (SSSR count). The lowest BCUT2D eigenvalue weighted by Crippen LogP contribution is -2.34. The number of hydrogen-bond acceptors (Lipinski definition) is 4. The largest absolute Gasteiger partial charge is 0.497 e. The third-order valence-corrected chi connectivity index (χ3v) is 5.51. The van der Waals surface area contributed by atoms with Crippen molar-refractivity contribution in [3.63, 3.8) is 0 Å². The second kappa shape index (κ2) is 6.66. The molecule has 0 atom stereocenters. The van der Waals surface area contributed by atoms with E-state index in [-0.39, 0.29) is 4.90 Å². The van der Waals surface area contributed by atoms with E-state index >= 15 is 0 Å². The summed E-state index contributed by atoms with van der Waals surface area (Å²) in [5, 5.41) is 0. The first-order valence-electron chi connectivity index (χ1n) is 7.25. The summed E-state index contributed by atoms with van der Waals surface area (Å²) < 4.78 is 37.8. The van der Waals surface area contributed by atoms with Gasteiger partial charge in [-0.15, -0.1) is 0 Å². The first kappa shape index (κ1) is 16.1. The van der Waals surface area contributed by atoms with Crippen LogP contribution in [-0.2, 0) is 10.0 Å². The summed E-state index contributed by atoms with van der Waals surface area (Å²) in [6, 6.07) is 4.86. The number of ether oxygens (including phenoxy) is 2. The second-order valence-corrected chi connectivity index (χ2v) is 7.23. The van der Waals surface area contributed by atoms with Gasteiger partial charge < -0.3 is 9.47 Å². The minimum absolute atomic E-state index is 0.179. The zero-order chi connectivity index (χ0) is 15.5. The van der Waals surface area contributed by atoms with E-state index in [2.05, 4.69) is 0 Å². The van der Waals surface area contributed by atoms with E-state index in [0.29, 0.717) is 30.5 Å². The quantitative estimate of drug-likeness (QED) is 0.740. The third kappa shape index (κ3) is 3.68. The highest BCUT2D eigenvalue weighted by Crippen LogP contribution is 2.34. The molecule has 21 heavy (non-hydrogen) atoms. The maximum Gasteiger partial charge on any atom is 0.246 e. The van der Waals surface area contributed by atoms with Gasteiger partial charge in [0.2, 0.25) is 10.0 Å². The minimum atomic E-state index is -3.57. The van der Waals surface area contributed by atoms with Crippen LogP contribution in [0.1, 0.15) is 26.2 Å². The van der Waals surface area contributed by atoms with Crippen molar-refractivity contribution < 1.29 is 17.9 Å². The summed E-state index contributed by atoms with van der Waals surface area (Å²) >= 11 is 0. The highest BCUT2D eigenvalue weighted by Gasteiger charge is 2.33. The van der Waals surface area contributed by atoms with Crippen molar-refractivity contribution in [1.82, 2.24) is 4.31 Å². The molecule has 1 aliphatic rings. The smallest absolute Gasteiger partial charge is 0.246 e. The number of benzene rings is 1. The number of sulfonamides is 1. The third-order valence-electron chi connectivity index (χ3n) is 3.62. The van der Waals surface area contributed by atoms with Gasteiger partial charge in [-0.3, -0.25) is 0 Å². The monoisotopic (exact) mass is 313 g/mol. The summed E-state index contributed by atoms with van der Waals surface area (Å²) in [6.45, 7) is 3.11. The Hall–Kier alpha value is -1.27. The number of hydrogen-bond donors (Lipinski definition) is 0. The van der Waals surface area contributed by atoms with E-state index in [4.69, 9.17) is 9.47 Å². The van der Waals surface area contributed by atoms with Gasteiger partial charge in [-0.2, -0.15) is 4.31 Å². The molecule has 0 heterocycles. The predicted octanol–water partition coefficient (Wildman–Crippen LogP) is 2.51. The van der Waals surface area contributed by atoms with Crippen LogP contribution in [0.25, 0.3) is 0 Å². The molecule has 1 aliphatic carbocycles. The molecular weight excluding hydrogens is 290 g/mol. The molecule has 0 N–H and O–H groups in total. The Morgan fingerprint density at radius 2 is 1.95 bits per heavy atom. The molecule has 1 fully saturated rings. The molecule has 0 bridgehead atoms. The SMILES string of the molecule is CCCN(CC1CC1)S(=O)(=O)c1cc(OC)ccc1OC. The van der Waals surface area contributed by atoms with Crippen LogP contribution in [-0.4, -0.2) is 40.0 Å². The average molecular weight is 313 g/mol. The van der Waals surface area contributed by atoms with Gasteiger partial charge in [-0.1, -0.05) is 6.92 Å². The van der Waals surface area contributed by atoms with Gasteiger partial charge >= 0.3 is 0 Å². The van der Waals surface area contributed by atoms with Crippen molar-refractivity contribution in [2.45, 2.75) is 31.1 Å². The molecule has 0 aromatic heterocycles. The van der Waals surface area contributed by atoms with Crippen molar-refractivity contribution in [3.8, 4) is 11.5 Å². The van der Waals surface area contributed by atoms with E-state index in [1.54, 1.807) is 16.4 Å². The van der Waals surface area contributed by atoms with Crippen LogP contribution < -0.4 is 9.47 Å². The molecule has 118 valence electrons. The van der Waals surface area contributed by atoms with Gasteiger partial charge in [0, 0.05) is 19.2 Å². The fourth-order valence-corrected chi connectivity index (χ4v) is 4.05. The highest BCUT2D eigenvalue weighted by molar-refractivity contribution is 7.89. The zero-order valence-electron chi connectivity index (χ0n) is 12.8. The van der Waals surface area contributed by atoms with Gasteiger partial charge in [0.05, 0.1) is 14.2 Å².